The van der Waals surface area contributed by atoms with E-state index >= 15 is 0 Å². The van der Waals surface area contributed by atoms with Crippen LogP contribution < -0.4 is 5.73 Å². The Hall–Kier alpha value is -1.50. The number of nitrogens with zero attached hydrogens (tertiary/aromatic N) is 3. The molecule has 0 aliphatic carbocycles. The van der Waals surface area contributed by atoms with Gasteiger partial charge in [-0.1, -0.05) is 13.8 Å². The van der Waals surface area contributed by atoms with Crippen molar-refractivity contribution >= 4 is 41.8 Å². The minimum Gasteiger partial charge on any atom is -0.342 e. The smallest absolute Gasteiger partial charge is 0.255 e. The van der Waals surface area contributed by atoms with Gasteiger partial charge in [0.05, 0.1) is 22.5 Å². The van der Waals surface area contributed by atoms with Gasteiger partial charge in [0.25, 0.3) is 5.91 Å². The van der Waals surface area contributed by atoms with E-state index < -0.39 is 5.82 Å². The van der Waals surface area contributed by atoms with E-state index in [1.165, 1.54) is 12.1 Å². The molecule has 0 fully saturated rings. The van der Waals surface area contributed by atoms with Crippen molar-refractivity contribution < 1.29 is 9.18 Å². The van der Waals surface area contributed by atoms with Gasteiger partial charge >= 0.3 is 0 Å². The summed E-state index contributed by atoms with van der Waals surface area (Å²) in [6.45, 7) is 8.24. The summed E-state index contributed by atoms with van der Waals surface area (Å²) in [5, 5.41) is 0. The molecule has 26 heavy (non-hydrogen) atoms. The fourth-order valence-electron chi connectivity index (χ4n) is 2.44. The van der Waals surface area contributed by atoms with Crippen LogP contribution in [0.4, 0.5) is 4.39 Å². The third-order valence-electron chi connectivity index (χ3n) is 4.38. The summed E-state index contributed by atoms with van der Waals surface area (Å²) in [5.74, 6) is -0.413. The average molecular weight is 405 g/mol. The van der Waals surface area contributed by atoms with Crippen LogP contribution in [0, 0.1) is 25.6 Å². The normalized spacial score (nSPS) is 11.7. The number of aryl methyl sites for hydroxylation is 2. The van der Waals surface area contributed by atoms with Crippen LogP contribution in [0.2, 0.25) is 0 Å². The van der Waals surface area contributed by atoms with Crippen molar-refractivity contribution in [2.24, 2.45) is 11.7 Å². The second-order valence-corrected chi connectivity index (χ2v) is 6.64. The summed E-state index contributed by atoms with van der Waals surface area (Å²) in [4.78, 5) is 23.1. The van der Waals surface area contributed by atoms with Crippen LogP contribution >= 0.6 is 24.8 Å². The second-order valence-electron chi connectivity index (χ2n) is 6.64. The summed E-state index contributed by atoms with van der Waals surface area (Å²) >= 11 is 0. The number of rotatable bonds is 5. The zero-order valence-corrected chi connectivity index (χ0v) is 17.4. The van der Waals surface area contributed by atoms with Crippen molar-refractivity contribution in [1.82, 2.24) is 14.9 Å². The molecule has 0 spiro atoms. The standard InChI is InChI=1S/C18H25FN4O.2ClH/c1-10(2)15(20)6-7-23(5)18(24)14-8-13(19)9-16-17(14)22-12(4)11(3)21-16;;/h8-10,15H,6-7,20H2,1-5H3;2*1H. The second kappa shape index (κ2) is 10.00. The Morgan fingerprint density at radius 3 is 2.35 bits per heavy atom. The van der Waals surface area contributed by atoms with Crippen LogP contribution in [0.3, 0.4) is 0 Å². The molecular weight excluding hydrogens is 378 g/mol. The van der Waals surface area contributed by atoms with E-state index in [1.54, 1.807) is 11.9 Å². The van der Waals surface area contributed by atoms with Crippen LogP contribution in [0.25, 0.3) is 11.0 Å². The van der Waals surface area contributed by atoms with Gasteiger partial charge in [0, 0.05) is 25.7 Å². The van der Waals surface area contributed by atoms with Gasteiger partial charge in [0.15, 0.2) is 0 Å². The molecule has 0 aliphatic rings. The first-order valence-corrected chi connectivity index (χ1v) is 8.16. The Morgan fingerprint density at radius 2 is 1.77 bits per heavy atom. The number of amides is 1. The van der Waals surface area contributed by atoms with Gasteiger partial charge in [-0.25, -0.2) is 14.4 Å². The molecule has 0 bridgehead atoms. The highest BCUT2D eigenvalue weighted by molar-refractivity contribution is 6.04. The molecule has 2 rings (SSSR count). The van der Waals surface area contributed by atoms with E-state index in [1.807, 2.05) is 27.7 Å². The van der Waals surface area contributed by atoms with Crippen molar-refractivity contribution in [2.45, 2.75) is 40.2 Å². The minimum atomic E-state index is -0.490. The average Bonchev–Trinajstić information content (AvgIpc) is 2.52. The maximum Gasteiger partial charge on any atom is 0.255 e. The molecule has 5 nitrogen and oxygen atoms in total. The van der Waals surface area contributed by atoms with Gasteiger partial charge in [-0.3, -0.25) is 4.79 Å². The lowest BCUT2D eigenvalue weighted by Crippen LogP contribution is -2.34. The van der Waals surface area contributed by atoms with Crippen LogP contribution in [0.5, 0.6) is 0 Å². The molecule has 0 radical (unpaired) electrons. The predicted octanol–water partition coefficient (Wildman–Crippen LogP) is 3.67. The van der Waals surface area contributed by atoms with E-state index in [0.717, 1.165) is 11.4 Å². The number of benzene rings is 1. The first-order chi connectivity index (χ1) is 11.2. The Bertz CT molecular complexity index is 770. The number of aromatic nitrogens is 2. The lowest BCUT2D eigenvalue weighted by atomic mass is 10.0. The molecule has 2 N–H and O–H groups in total. The van der Waals surface area contributed by atoms with Crippen molar-refractivity contribution in [2.75, 3.05) is 13.6 Å². The van der Waals surface area contributed by atoms with E-state index in [0.29, 0.717) is 29.9 Å². The molecule has 1 atom stereocenters. The van der Waals surface area contributed by atoms with Gasteiger partial charge in [0.2, 0.25) is 0 Å². The highest BCUT2D eigenvalue weighted by Crippen LogP contribution is 2.20. The summed E-state index contributed by atoms with van der Waals surface area (Å²) in [7, 11) is 1.70. The molecule has 146 valence electrons. The van der Waals surface area contributed by atoms with E-state index in [4.69, 9.17) is 5.73 Å². The molecule has 0 saturated heterocycles. The monoisotopic (exact) mass is 404 g/mol. The predicted molar refractivity (Wildman–Crippen MR) is 108 cm³/mol. The quantitative estimate of drug-likeness (QED) is 0.824. The van der Waals surface area contributed by atoms with Gasteiger partial charge in [0.1, 0.15) is 11.3 Å². The molecule has 1 heterocycles. The van der Waals surface area contributed by atoms with Crippen molar-refractivity contribution in [3.8, 4) is 0 Å². The number of carbonyl (C=O) groups is 1. The lowest BCUT2D eigenvalue weighted by Gasteiger charge is -2.22. The number of nitrogens with two attached hydrogens (primary N) is 1. The maximum absolute atomic E-state index is 13.9. The maximum atomic E-state index is 13.9. The van der Waals surface area contributed by atoms with Gasteiger partial charge in [-0.05, 0) is 32.3 Å². The minimum absolute atomic E-state index is 0. The first-order valence-electron chi connectivity index (χ1n) is 8.16. The number of halogens is 3. The fraction of sp³-hybridized carbons (Fsp3) is 0.500. The third kappa shape index (κ3) is 5.50. The summed E-state index contributed by atoms with van der Waals surface area (Å²) < 4.78 is 13.9. The summed E-state index contributed by atoms with van der Waals surface area (Å²) in [6.07, 6.45) is 0.691. The SMILES string of the molecule is Cc1nc2cc(F)cc(C(=O)N(C)CCC(N)C(C)C)c2nc1C.Cl.Cl. The van der Waals surface area contributed by atoms with E-state index in [2.05, 4.69) is 9.97 Å². The largest absolute Gasteiger partial charge is 0.342 e. The highest BCUT2D eigenvalue weighted by atomic mass is 35.5. The first kappa shape index (κ1) is 24.5. The van der Waals surface area contributed by atoms with Gasteiger partial charge in [-0.2, -0.15) is 0 Å². The number of carbonyl (C=O) groups excluding carboxylic acids is 1. The molecule has 1 amide bonds. The van der Waals surface area contributed by atoms with E-state index in [9.17, 15) is 9.18 Å². The Balaban J connectivity index is 0.00000312. The molecule has 1 aromatic carbocycles. The van der Waals surface area contributed by atoms with Crippen LogP contribution in [-0.4, -0.2) is 40.4 Å². The van der Waals surface area contributed by atoms with Crippen molar-refractivity contribution in [3.05, 3.63) is 34.9 Å². The Kier molecular flexibility index (Phi) is 9.42. The third-order valence-corrected chi connectivity index (χ3v) is 4.38. The molecule has 1 unspecified atom stereocenters. The number of hydrogen-bond acceptors (Lipinski definition) is 4. The lowest BCUT2D eigenvalue weighted by molar-refractivity contribution is 0.0790. The molecule has 1 aromatic heterocycles. The molecule has 8 heteroatoms. The van der Waals surface area contributed by atoms with Crippen molar-refractivity contribution in [3.63, 3.8) is 0 Å². The number of fused-ring (bicyclic) bond motifs is 1. The fourth-order valence-corrected chi connectivity index (χ4v) is 2.44. The number of hydrogen-bond donors (Lipinski definition) is 1. The Labute approximate surface area is 166 Å². The Morgan fingerprint density at radius 1 is 1.19 bits per heavy atom. The topological polar surface area (TPSA) is 72.1 Å². The zero-order chi connectivity index (χ0) is 18.0. The van der Waals surface area contributed by atoms with Gasteiger partial charge < -0.3 is 10.6 Å². The zero-order valence-electron chi connectivity index (χ0n) is 15.7. The molecule has 2 aromatic rings. The van der Waals surface area contributed by atoms with Crippen LogP contribution in [-0.2, 0) is 0 Å². The molecular formula is C18H27Cl2FN4O. The van der Waals surface area contributed by atoms with Crippen LogP contribution in [0.1, 0.15) is 42.0 Å². The molecule has 0 aliphatic heterocycles. The molecule has 0 saturated carbocycles. The van der Waals surface area contributed by atoms with Crippen molar-refractivity contribution in [1.29, 1.82) is 0 Å². The highest BCUT2D eigenvalue weighted by Gasteiger charge is 2.19. The summed E-state index contributed by atoms with van der Waals surface area (Å²) in [5.41, 5.74) is 8.56. The van der Waals surface area contributed by atoms with Gasteiger partial charge in [-0.15, -0.1) is 24.8 Å². The van der Waals surface area contributed by atoms with Crippen LogP contribution in [0.15, 0.2) is 12.1 Å². The van der Waals surface area contributed by atoms with E-state index in [-0.39, 0.29) is 42.3 Å². The summed E-state index contributed by atoms with van der Waals surface area (Å²) in [6, 6.07) is 2.56.